The first-order valence-electron chi connectivity index (χ1n) is 10.8. The normalized spacial score (nSPS) is 10.5. The van der Waals surface area contributed by atoms with Gasteiger partial charge in [0.15, 0.2) is 0 Å². The molecule has 1 nitrogen and oxygen atoms in total. The monoisotopic (exact) mass is 387 g/mol. The van der Waals surface area contributed by atoms with Gasteiger partial charge in [0.1, 0.15) is 0 Å². The van der Waals surface area contributed by atoms with Crippen LogP contribution in [0.15, 0.2) is 96.0 Å². The van der Waals surface area contributed by atoms with Crippen molar-refractivity contribution < 1.29 is 0 Å². The van der Waals surface area contributed by atoms with Crippen LogP contribution in [-0.2, 0) is 5.41 Å². The molecule has 0 N–H and O–H groups in total. The average molecular weight is 388 g/mol. The Morgan fingerprint density at radius 2 is 1.03 bits per heavy atom. The summed E-state index contributed by atoms with van der Waals surface area (Å²) in [5.41, 5.74) is 3.83. The first-order valence-corrected chi connectivity index (χ1v) is 10.8. The minimum absolute atomic E-state index is 0.121. The summed E-state index contributed by atoms with van der Waals surface area (Å²) in [5.74, 6) is 0. The molecule has 0 spiro atoms. The van der Waals surface area contributed by atoms with Crippen molar-refractivity contribution >= 4 is 6.21 Å². The van der Waals surface area contributed by atoms with E-state index in [1.54, 1.807) is 0 Å². The molecule has 154 valence electrons. The highest BCUT2D eigenvalue weighted by Crippen LogP contribution is 2.38. The van der Waals surface area contributed by atoms with E-state index in [4.69, 9.17) is 0 Å². The van der Waals surface area contributed by atoms with Crippen LogP contribution in [0.2, 0.25) is 0 Å². The lowest BCUT2D eigenvalue weighted by molar-refractivity contribution is 0.692. The average Bonchev–Trinajstić information content (AvgIpc) is 2.82. The summed E-state index contributed by atoms with van der Waals surface area (Å²) in [6, 6.07) is 32.1. The Balaban J connectivity index is 0.000000399. The van der Waals surface area contributed by atoms with Crippen LogP contribution in [0.25, 0.3) is 0 Å². The molecular formula is C28H37N. The van der Waals surface area contributed by atoms with Gasteiger partial charge < -0.3 is 0 Å². The predicted molar refractivity (Wildman–Crippen MR) is 130 cm³/mol. The fourth-order valence-electron chi connectivity index (χ4n) is 3.19. The van der Waals surface area contributed by atoms with Gasteiger partial charge in [0.25, 0.3) is 0 Å². The molecule has 0 aromatic heterocycles. The second-order valence-electron chi connectivity index (χ2n) is 6.74. The maximum Gasteiger partial charge on any atom is 0.0423 e. The molecule has 3 aromatic rings. The van der Waals surface area contributed by atoms with Gasteiger partial charge in [-0.3, -0.25) is 4.99 Å². The number of aliphatic imine (C=N–C) groups is 1. The molecule has 0 heterocycles. The van der Waals surface area contributed by atoms with Crippen molar-refractivity contribution in [2.24, 2.45) is 4.99 Å². The van der Waals surface area contributed by atoms with Gasteiger partial charge in [0.05, 0.1) is 0 Å². The zero-order chi connectivity index (χ0) is 21.4. The molecular weight excluding hydrogens is 350 g/mol. The second-order valence-corrected chi connectivity index (χ2v) is 6.74. The molecule has 0 aliphatic carbocycles. The Morgan fingerprint density at radius 1 is 0.690 bits per heavy atom. The zero-order valence-corrected chi connectivity index (χ0v) is 18.8. The van der Waals surface area contributed by atoms with E-state index < -0.39 is 0 Å². The maximum absolute atomic E-state index is 4.04. The molecule has 0 radical (unpaired) electrons. The van der Waals surface area contributed by atoms with Crippen LogP contribution in [0.3, 0.4) is 0 Å². The number of hydrogen-bond acceptors (Lipinski definition) is 1. The Bertz CT molecular complexity index is 680. The fraction of sp³-hybridized carbons (Fsp3) is 0.321. The van der Waals surface area contributed by atoms with Crippen LogP contribution >= 0.6 is 0 Å². The molecule has 0 aliphatic heterocycles. The SMILES string of the molecule is CC.CC(c1ccccc1)(c1ccccc1)c1ccccc1.CC=NCCCC. The Kier molecular flexibility index (Phi) is 12.1. The Labute approximate surface area is 178 Å². The van der Waals surface area contributed by atoms with Crippen molar-refractivity contribution in [1.82, 2.24) is 0 Å². The number of nitrogens with zero attached hydrogens (tertiary/aromatic N) is 1. The summed E-state index contributed by atoms with van der Waals surface area (Å²) in [6.45, 7) is 11.4. The van der Waals surface area contributed by atoms with E-state index in [9.17, 15) is 0 Å². The van der Waals surface area contributed by atoms with Crippen LogP contribution in [0.1, 0.15) is 64.2 Å². The zero-order valence-electron chi connectivity index (χ0n) is 18.8. The van der Waals surface area contributed by atoms with Gasteiger partial charge in [0, 0.05) is 12.0 Å². The quantitative estimate of drug-likeness (QED) is 0.231. The van der Waals surface area contributed by atoms with E-state index in [0.29, 0.717) is 0 Å². The van der Waals surface area contributed by atoms with Crippen LogP contribution in [0.4, 0.5) is 0 Å². The molecule has 0 fully saturated rings. The van der Waals surface area contributed by atoms with Gasteiger partial charge in [0.2, 0.25) is 0 Å². The molecule has 1 heteroatoms. The van der Waals surface area contributed by atoms with Crippen molar-refractivity contribution in [3.05, 3.63) is 108 Å². The molecule has 0 saturated heterocycles. The molecule has 3 aromatic carbocycles. The highest BCUT2D eigenvalue weighted by Gasteiger charge is 2.30. The summed E-state index contributed by atoms with van der Waals surface area (Å²) < 4.78 is 0. The van der Waals surface area contributed by atoms with E-state index >= 15 is 0 Å². The van der Waals surface area contributed by atoms with Crippen LogP contribution in [-0.4, -0.2) is 12.8 Å². The highest BCUT2D eigenvalue weighted by atomic mass is 14.7. The minimum atomic E-state index is -0.121. The van der Waals surface area contributed by atoms with E-state index in [1.807, 2.05) is 27.0 Å². The van der Waals surface area contributed by atoms with Gasteiger partial charge in [-0.05, 0) is 43.2 Å². The second kappa shape index (κ2) is 14.3. The van der Waals surface area contributed by atoms with E-state index in [-0.39, 0.29) is 5.41 Å². The van der Waals surface area contributed by atoms with Gasteiger partial charge >= 0.3 is 0 Å². The van der Waals surface area contributed by atoms with Crippen molar-refractivity contribution in [2.75, 3.05) is 6.54 Å². The van der Waals surface area contributed by atoms with Gasteiger partial charge in [-0.1, -0.05) is 118 Å². The number of rotatable bonds is 6. The summed E-state index contributed by atoms with van der Waals surface area (Å²) in [4.78, 5) is 4.04. The molecule has 0 aliphatic rings. The lowest BCUT2D eigenvalue weighted by atomic mass is 9.71. The third-order valence-electron chi connectivity index (χ3n) is 4.88. The predicted octanol–water partition coefficient (Wildman–Crippen LogP) is 7.94. The Morgan fingerprint density at radius 3 is 1.31 bits per heavy atom. The van der Waals surface area contributed by atoms with E-state index in [2.05, 4.69) is 110 Å². The smallest absolute Gasteiger partial charge is 0.0423 e. The topological polar surface area (TPSA) is 12.4 Å². The number of benzene rings is 3. The van der Waals surface area contributed by atoms with Crippen LogP contribution < -0.4 is 0 Å². The first kappa shape index (κ1) is 24.4. The molecule has 0 amide bonds. The minimum Gasteiger partial charge on any atom is -0.298 e. The first-order chi connectivity index (χ1) is 14.2. The molecule has 3 rings (SSSR count). The van der Waals surface area contributed by atoms with Crippen LogP contribution in [0.5, 0.6) is 0 Å². The van der Waals surface area contributed by atoms with Crippen molar-refractivity contribution in [2.45, 2.75) is 52.9 Å². The maximum atomic E-state index is 4.04. The molecule has 0 atom stereocenters. The summed E-state index contributed by atoms with van der Waals surface area (Å²) in [7, 11) is 0. The largest absolute Gasteiger partial charge is 0.298 e. The Hall–Kier alpha value is -2.67. The van der Waals surface area contributed by atoms with Crippen LogP contribution in [0, 0.1) is 0 Å². The lowest BCUT2D eigenvalue weighted by Gasteiger charge is -2.31. The molecule has 29 heavy (non-hydrogen) atoms. The van der Waals surface area contributed by atoms with E-state index in [0.717, 1.165) is 6.54 Å². The van der Waals surface area contributed by atoms with Gasteiger partial charge in [-0.15, -0.1) is 0 Å². The molecule has 0 bridgehead atoms. The highest BCUT2D eigenvalue weighted by molar-refractivity contribution is 5.53. The van der Waals surface area contributed by atoms with Gasteiger partial charge in [-0.2, -0.15) is 0 Å². The number of hydrogen-bond donors (Lipinski definition) is 0. The summed E-state index contributed by atoms with van der Waals surface area (Å²) in [5, 5.41) is 0. The molecule has 0 unspecified atom stereocenters. The lowest BCUT2D eigenvalue weighted by Crippen LogP contribution is -2.25. The molecule has 0 saturated carbocycles. The van der Waals surface area contributed by atoms with Crippen molar-refractivity contribution in [3.8, 4) is 0 Å². The third-order valence-corrected chi connectivity index (χ3v) is 4.88. The summed E-state index contributed by atoms with van der Waals surface area (Å²) >= 11 is 0. The van der Waals surface area contributed by atoms with Crippen molar-refractivity contribution in [3.63, 3.8) is 0 Å². The fourth-order valence-corrected chi connectivity index (χ4v) is 3.19. The third kappa shape index (κ3) is 7.34. The standard InChI is InChI=1S/C20H18.C6H13N.C2H6/c1-20(17-11-5-2-6-12-17,18-13-7-3-8-14-18)19-15-9-4-10-16-19;1-3-5-6-7-4-2;1-2/h2-16H,1H3;4H,3,5-6H2,1-2H3;1-2H3. The van der Waals surface area contributed by atoms with E-state index in [1.165, 1.54) is 29.5 Å². The summed E-state index contributed by atoms with van der Waals surface area (Å²) in [6.07, 6.45) is 4.33. The van der Waals surface area contributed by atoms with Crippen molar-refractivity contribution in [1.29, 1.82) is 0 Å². The number of unbranched alkanes of at least 4 members (excludes halogenated alkanes) is 1. The van der Waals surface area contributed by atoms with Gasteiger partial charge in [-0.25, -0.2) is 0 Å².